The molecule has 2 heteroatoms. The van der Waals surface area contributed by atoms with Crippen molar-refractivity contribution >= 4 is 17.4 Å². The summed E-state index contributed by atoms with van der Waals surface area (Å²) in [5, 5.41) is 0.697. The maximum atomic E-state index is 12.2. The van der Waals surface area contributed by atoms with Crippen molar-refractivity contribution in [1.29, 1.82) is 0 Å². The zero-order chi connectivity index (χ0) is 14.0. The van der Waals surface area contributed by atoms with Crippen molar-refractivity contribution in [3.8, 4) is 0 Å². The van der Waals surface area contributed by atoms with Crippen molar-refractivity contribution in [2.75, 3.05) is 0 Å². The van der Waals surface area contributed by atoms with Crippen molar-refractivity contribution in [2.45, 2.75) is 27.2 Å². The summed E-state index contributed by atoms with van der Waals surface area (Å²) >= 11 is 5.97. The Hall–Kier alpha value is -1.60. The normalized spacial score (nSPS) is 10.5. The third kappa shape index (κ3) is 3.24. The summed E-state index contributed by atoms with van der Waals surface area (Å²) in [5.74, 6) is 0.128. The lowest BCUT2D eigenvalue weighted by molar-refractivity contribution is 0.0993. The lowest BCUT2D eigenvalue weighted by atomic mass is 9.99. The minimum atomic E-state index is 0.128. The summed E-state index contributed by atoms with van der Waals surface area (Å²) in [5.41, 5.74) is 5.18. The van der Waals surface area contributed by atoms with E-state index in [-0.39, 0.29) is 5.78 Å². The predicted octanol–water partition coefficient (Wildman–Crippen LogP) is 4.69. The van der Waals surface area contributed by atoms with Crippen LogP contribution in [0.1, 0.15) is 32.6 Å². The van der Waals surface area contributed by atoms with Crippen LogP contribution in [0, 0.1) is 20.8 Å². The van der Waals surface area contributed by atoms with E-state index in [4.69, 9.17) is 11.6 Å². The Labute approximate surface area is 119 Å². The van der Waals surface area contributed by atoms with Gasteiger partial charge in [0, 0.05) is 17.0 Å². The van der Waals surface area contributed by atoms with Crippen molar-refractivity contribution in [3.63, 3.8) is 0 Å². The van der Waals surface area contributed by atoms with Crippen LogP contribution < -0.4 is 0 Å². The molecule has 0 fully saturated rings. The second kappa shape index (κ2) is 5.58. The van der Waals surface area contributed by atoms with Crippen LogP contribution in [0.4, 0.5) is 0 Å². The van der Waals surface area contributed by atoms with Gasteiger partial charge in [-0.1, -0.05) is 29.8 Å². The third-order valence-electron chi connectivity index (χ3n) is 3.42. The molecule has 0 amide bonds. The Bertz CT molecular complexity index is 629. The number of aryl methyl sites for hydroxylation is 3. The van der Waals surface area contributed by atoms with Crippen molar-refractivity contribution in [1.82, 2.24) is 0 Å². The topological polar surface area (TPSA) is 17.1 Å². The first kappa shape index (κ1) is 13.8. The minimum Gasteiger partial charge on any atom is -0.294 e. The van der Waals surface area contributed by atoms with Gasteiger partial charge < -0.3 is 0 Å². The molecule has 2 aromatic rings. The van der Waals surface area contributed by atoms with Gasteiger partial charge in [0.25, 0.3) is 0 Å². The highest BCUT2D eigenvalue weighted by Crippen LogP contribution is 2.18. The fraction of sp³-hybridized carbons (Fsp3) is 0.235. The summed E-state index contributed by atoms with van der Waals surface area (Å²) in [7, 11) is 0. The predicted molar refractivity (Wildman–Crippen MR) is 80.1 cm³/mol. The molecule has 2 rings (SSSR count). The summed E-state index contributed by atoms with van der Waals surface area (Å²) in [6, 6.07) is 11.6. The molecule has 2 aromatic carbocycles. The number of hydrogen-bond donors (Lipinski definition) is 0. The third-order valence-corrected chi connectivity index (χ3v) is 3.84. The number of carbonyl (C=O) groups excluding carboxylic acids is 1. The van der Waals surface area contributed by atoms with Gasteiger partial charge >= 0.3 is 0 Å². The van der Waals surface area contributed by atoms with Gasteiger partial charge in [-0.05, 0) is 61.2 Å². The maximum absolute atomic E-state index is 12.2. The van der Waals surface area contributed by atoms with Crippen molar-refractivity contribution < 1.29 is 4.79 Å². The first-order valence-electron chi connectivity index (χ1n) is 6.33. The number of halogens is 1. The van der Waals surface area contributed by atoms with E-state index >= 15 is 0 Å². The molecule has 0 spiro atoms. The van der Waals surface area contributed by atoms with E-state index in [2.05, 4.69) is 26.0 Å². The van der Waals surface area contributed by atoms with Crippen LogP contribution in [0.25, 0.3) is 0 Å². The Balaban J connectivity index is 2.20. The van der Waals surface area contributed by atoms with Crippen LogP contribution >= 0.6 is 11.6 Å². The lowest BCUT2D eigenvalue weighted by Gasteiger charge is -2.06. The number of rotatable bonds is 3. The van der Waals surface area contributed by atoms with Gasteiger partial charge in [-0.25, -0.2) is 0 Å². The van der Waals surface area contributed by atoms with Gasteiger partial charge in [0.05, 0.1) is 0 Å². The van der Waals surface area contributed by atoms with Gasteiger partial charge in [-0.2, -0.15) is 0 Å². The molecule has 0 aliphatic carbocycles. The molecule has 0 unspecified atom stereocenters. The average molecular weight is 273 g/mol. The van der Waals surface area contributed by atoms with E-state index in [1.54, 1.807) is 12.1 Å². The van der Waals surface area contributed by atoms with Crippen molar-refractivity contribution in [2.24, 2.45) is 0 Å². The summed E-state index contributed by atoms with van der Waals surface area (Å²) < 4.78 is 0. The Kier molecular flexibility index (Phi) is 4.06. The first-order chi connectivity index (χ1) is 8.97. The number of carbonyl (C=O) groups is 1. The molecule has 19 heavy (non-hydrogen) atoms. The Morgan fingerprint density at radius 1 is 0.947 bits per heavy atom. The molecule has 0 radical (unpaired) electrons. The number of ketones is 1. The van der Waals surface area contributed by atoms with E-state index in [1.165, 1.54) is 11.1 Å². The van der Waals surface area contributed by atoms with Crippen LogP contribution in [-0.2, 0) is 6.42 Å². The summed E-state index contributed by atoms with van der Waals surface area (Å²) in [4.78, 5) is 12.2. The highest BCUT2D eigenvalue weighted by molar-refractivity contribution is 6.31. The number of hydrogen-bond acceptors (Lipinski definition) is 1. The molecule has 0 aliphatic heterocycles. The molecular weight excluding hydrogens is 256 g/mol. The van der Waals surface area contributed by atoms with E-state index in [0.717, 1.165) is 16.7 Å². The fourth-order valence-electron chi connectivity index (χ4n) is 2.02. The van der Waals surface area contributed by atoms with E-state index in [0.29, 0.717) is 11.4 Å². The molecule has 0 aromatic heterocycles. The van der Waals surface area contributed by atoms with Crippen LogP contribution in [0.2, 0.25) is 5.02 Å². The molecule has 0 saturated heterocycles. The zero-order valence-electron chi connectivity index (χ0n) is 11.5. The zero-order valence-corrected chi connectivity index (χ0v) is 12.2. The van der Waals surface area contributed by atoms with Gasteiger partial charge in [0.2, 0.25) is 0 Å². The van der Waals surface area contributed by atoms with Gasteiger partial charge in [-0.15, -0.1) is 0 Å². The van der Waals surface area contributed by atoms with E-state index in [1.807, 2.05) is 19.1 Å². The quantitative estimate of drug-likeness (QED) is 0.741. The summed E-state index contributed by atoms with van der Waals surface area (Å²) in [6.45, 7) is 6.05. The highest BCUT2D eigenvalue weighted by Gasteiger charge is 2.09. The molecule has 98 valence electrons. The second-order valence-corrected chi connectivity index (χ2v) is 5.39. The molecular formula is C17H17ClO. The van der Waals surface area contributed by atoms with Crippen LogP contribution in [0.5, 0.6) is 0 Å². The monoisotopic (exact) mass is 272 g/mol. The first-order valence-corrected chi connectivity index (χ1v) is 6.70. The summed E-state index contributed by atoms with van der Waals surface area (Å²) in [6.07, 6.45) is 0.433. The number of Topliss-reactive ketones (excluding diaryl/α,β-unsaturated/α-hetero) is 1. The Morgan fingerprint density at radius 3 is 2.32 bits per heavy atom. The Morgan fingerprint density at radius 2 is 1.68 bits per heavy atom. The molecule has 0 saturated carbocycles. The molecule has 0 aliphatic rings. The smallest absolute Gasteiger partial charge is 0.167 e. The molecule has 0 bridgehead atoms. The van der Waals surface area contributed by atoms with Crippen LogP contribution in [0.15, 0.2) is 36.4 Å². The van der Waals surface area contributed by atoms with Crippen molar-refractivity contribution in [3.05, 3.63) is 69.2 Å². The number of benzene rings is 2. The van der Waals surface area contributed by atoms with Gasteiger partial charge in [-0.3, -0.25) is 4.79 Å². The van der Waals surface area contributed by atoms with E-state index < -0.39 is 0 Å². The fourth-order valence-corrected chi connectivity index (χ4v) is 2.14. The van der Waals surface area contributed by atoms with E-state index in [9.17, 15) is 4.79 Å². The van der Waals surface area contributed by atoms with Crippen LogP contribution in [0.3, 0.4) is 0 Å². The second-order valence-electron chi connectivity index (χ2n) is 4.98. The maximum Gasteiger partial charge on any atom is 0.167 e. The van der Waals surface area contributed by atoms with Crippen LogP contribution in [-0.4, -0.2) is 5.78 Å². The lowest BCUT2D eigenvalue weighted by Crippen LogP contribution is -2.04. The molecule has 1 nitrogen and oxygen atoms in total. The average Bonchev–Trinajstić information content (AvgIpc) is 2.37. The van der Waals surface area contributed by atoms with Gasteiger partial charge in [0.1, 0.15) is 0 Å². The highest BCUT2D eigenvalue weighted by atomic mass is 35.5. The minimum absolute atomic E-state index is 0.128. The molecule has 0 heterocycles. The van der Waals surface area contributed by atoms with Gasteiger partial charge in [0.15, 0.2) is 5.78 Å². The largest absolute Gasteiger partial charge is 0.294 e. The SMILES string of the molecule is Cc1ccc(CC(=O)c2ccc(Cl)c(C)c2)cc1C. The molecule has 0 atom stereocenters. The molecule has 0 N–H and O–H groups in total. The standard InChI is InChI=1S/C17H17ClO/c1-11-4-5-14(8-12(11)2)10-17(19)15-6-7-16(18)13(3)9-15/h4-9H,10H2,1-3H3.